The highest BCUT2D eigenvalue weighted by atomic mass is 19.1. The van der Waals surface area contributed by atoms with Crippen molar-refractivity contribution in [3.8, 4) is 11.1 Å². The maximum atomic E-state index is 13.5. The van der Waals surface area contributed by atoms with Gasteiger partial charge in [0.2, 0.25) is 0 Å². The Bertz CT molecular complexity index is 1440. The number of fused-ring (bicyclic) bond motifs is 2. The van der Waals surface area contributed by atoms with Crippen LogP contribution in [-0.4, -0.2) is 26.1 Å². The van der Waals surface area contributed by atoms with E-state index in [0.29, 0.717) is 17.9 Å². The van der Waals surface area contributed by atoms with Gasteiger partial charge in [0.25, 0.3) is 5.56 Å². The molecule has 0 radical (unpaired) electrons. The van der Waals surface area contributed by atoms with Gasteiger partial charge in [0.15, 0.2) is 11.5 Å². The molecule has 0 amide bonds. The second-order valence-corrected chi connectivity index (χ2v) is 8.51. The third-order valence-corrected chi connectivity index (χ3v) is 6.29. The van der Waals surface area contributed by atoms with Crippen LogP contribution in [0.2, 0.25) is 0 Å². The Balaban J connectivity index is 1.56. The molecule has 5 rings (SSSR count). The molecule has 0 spiro atoms. The summed E-state index contributed by atoms with van der Waals surface area (Å²) in [6.07, 6.45) is 2.66. The minimum atomic E-state index is -0.239. The van der Waals surface area contributed by atoms with E-state index in [-0.39, 0.29) is 11.4 Å². The van der Waals surface area contributed by atoms with Gasteiger partial charge in [-0.15, -0.1) is 5.10 Å². The lowest BCUT2D eigenvalue weighted by atomic mass is 9.97. The molecule has 1 aliphatic heterocycles. The summed E-state index contributed by atoms with van der Waals surface area (Å²) >= 11 is 0. The number of rotatable bonds is 2. The van der Waals surface area contributed by atoms with Crippen molar-refractivity contribution in [1.82, 2.24) is 19.6 Å². The molecule has 7 heteroatoms. The number of benzene rings is 1. The second kappa shape index (κ2) is 7.51. The third kappa shape index (κ3) is 3.34. The Labute approximate surface area is 185 Å². The molecular weight excluding hydrogens is 405 g/mol. The normalized spacial score (nSPS) is 13.5. The SMILES string of the molecule is Cc1cc(=O)n2nc(N3CCc4ncc(-c5ccc(F)cc5C)cc4C3)c(C)c(C)c2n1. The van der Waals surface area contributed by atoms with Gasteiger partial charge in [0, 0.05) is 59.9 Å². The van der Waals surface area contributed by atoms with E-state index in [4.69, 9.17) is 4.98 Å². The lowest BCUT2D eigenvalue weighted by molar-refractivity contribution is 0.627. The van der Waals surface area contributed by atoms with Crippen molar-refractivity contribution in [2.45, 2.75) is 40.7 Å². The van der Waals surface area contributed by atoms with Crippen molar-refractivity contribution in [3.63, 3.8) is 0 Å². The van der Waals surface area contributed by atoms with E-state index in [2.05, 4.69) is 21.0 Å². The number of halogens is 1. The van der Waals surface area contributed by atoms with Crippen molar-refractivity contribution >= 4 is 11.5 Å². The molecule has 162 valence electrons. The number of pyridine rings is 1. The van der Waals surface area contributed by atoms with Crippen LogP contribution in [0.25, 0.3) is 16.8 Å². The Morgan fingerprint density at radius 1 is 1.03 bits per heavy atom. The highest BCUT2D eigenvalue weighted by Crippen LogP contribution is 2.30. The molecule has 1 aromatic carbocycles. The molecule has 4 heterocycles. The number of hydrogen-bond donors (Lipinski definition) is 0. The van der Waals surface area contributed by atoms with Crippen LogP contribution >= 0.6 is 0 Å². The average Bonchev–Trinajstić information content (AvgIpc) is 2.76. The average molecular weight is 429 g/mol. The zero-order valence-corrected chi connectivity index (χ0v) is 18.6. The van der Waals surface area contributed by atoms with E-state index in [0.717, 1.165) is 57.9 Å². The van der Waals surface area contributed by atoms with Crippen molar-refractivity contribution in [1.29, 1.82) is 0 Å². The first kappa shape index (κ1) is 20.3. The maximum absolute atomic E-state index is 13.5. The van der Waals surface area contributed by atoms with Crippen molar-refractivity contribution < 1.29 is 4.39 Å². The Morgan fingerprint density at radius 3 is 2.62 bits per heavy atom. The molecule has 0 unspecified atom stereocenters. The minimum absolute atomic E-state index is 0.176. The maximum Gasteiger partial charge on any atom is 0.274 e. The van der Waals surface area contributed by atoms with Gasteiger partial charge in [-0.3, -0.25) is 9.78 Å². The first-order valence-corrected chi connectivity index (χ1v) is 10.7. The van der Waals surface area contributed by atoms with Gasteiger partial charge in [-0.05, 0) is 62.6 Å². The van der Waals surface area contributed by atoms with Crippen LogP contribution in [-0.2, 0) is 13.0 Å². The van der Waals surface area contributed by atoms with Crippen LogP contribution in [0.15, 0.2) is 41.3 Å². The van der Waals surface area contributed by atoms with Gasteiger partial charge < -0.3 is 4.90 Å². The fraction of sp³-hybridized carbons (Fsp3) is 0.280. The zero-order valence-electron chi connectivity index (χ0n) is 18.6. The smallest absolute Gasteiger partial charge is 0.274 e. The highest BCUT2D eigenvalue weighted by molar-refractivity contribution is 5.68. The van der Waals surface area contributed by atoms with Gasteiger partial charge in [-0.25, -0.2) is 9.37 Å². The summed E-state index contributed by atoms with van der Waals surface area (Å²) < 4.78 is 14.9. The summed E-state index contributed by atoms with van der Waals surface area (Å²) in [6.45, 7) is 9.14. The zero-order chi connectivity index (χ0) is 22.6. The second-order valence-electron chi connectivity index (χ2n) is 8.51. The fourth-order valence-electron chi connectivity index (χ4n) is 4.44. The van der Waals surface area contributed by atoms with Crippen LogP contribution in [0.5, 0.6) is 0 Å². The van der Waals surface area contributed by atoms with E-state index in [1.165, 1.54) is 16.6 Å². The molecule has 4 aromatic rings. The quantitative estimate of drug-likeness (QED) is 0.480. The lowest BCUT2D eigenvalue weighted by Crippen LogP contribution is -2.34. The molecule has 3 aromatic heterocycles. The van der Waals surface area contributed by atoms with E-state index in [1.807, 2.05) is 33.9 Å². The molecule has 0 bridgehead atoms. The molecule has 0 saturated carbocycles. The molecule has 0 fully saturated rings. The predicted octanol–water partition coefficient (Wildman–Crippen LogP) is 4.09. The molecule has 32 heavy (non-hydrogen) atoms. The Morgan fingerprint density at radius 2 is 1.84 bits per heavy atom. The third-order valence-electron chi connectivity index (χ3n) is 6.29. The predicted molar refractivity (Wildman–Crippen MR) is 123 cm³/mol. The van der Waals surface area contributed by atoms with Crippen LogP contribution in [0.4, 0.5) is 10.2 Å². The summed E-state index contributed by atoms with van der Waals surface area (Å²) in [5.41, 5.74) is 8.09. The first-order chi connectivity index (χ1) is 15.3. The van der Waals surface area contributed by atoms with Crippen LogP contribution in [0.3, 0.4) is 0 Å². The van der Waals surface area contributed by atoms with E-state index in [9.17, 15) is 9.18 Å². The molecule has 0 aliphatic carbocycles. The van der Waals surface area contributed by atoms with Gasteiger partial charge in [-0.2, -0.15) is 4.52 Å². The van der Waals surface area contributed by atoms with Gasteiger partial charge in [0.1, 0.15) is 5.82 Å². The fourth-order valence-corrected chi connectivity index (χ4v) is 4.44. The summed E-state index contributed by atoms with van der Waals surface area (Å²) in [5.74, 6) is 0.549. The van der Waals surface area contributed by atoms with E-state index < -0.39 is 0 Å². The minimum Gasteiger partial charge on any atom is -0.350 e. The van der Waals surface area contributed by atoms with Crippen LogP contribution in [0, 0.1) is 33.5 Å². The largest absolute Gasteiger partial charge is 0.350 e. The Hall–Kier alpha value is -3.61. The molecule has 6 nitrogen and oxygen atoms in total. The van der Waals surface area contributed by atoms with Crippen molar-refractivity contribution in [2.75, 3.05) is 11.4 Å². The van der Waals surface area contributed by atoms with Crippen molar-refractivity contribution in [3.05, 3.63) is 86.3 Å². The molecular formula is C25H24FN5O. The van der Waals surface area contributed by atoms with Gasteiger partial charge in [0.05, 0.1) is 0 Å². The highest BCUT2D eigenvalue weighted by Gasteiger charge is 2.23. The topological polar surface area (TPSA) is 63.4 Å². The van der Waals surface area contributed by atoms with Crippen LogP contribution in [0.1, 0.15) is 33.6 Å². The molecule has 0 N–H and O–H groups in total. The molecule has 1 aliphatic rings. The number of hydrogen-bond acceptors (Lipinski definition) is 5. The van der Waals surface area contributed by atoms with Crippen molar-refractivity contribution in [2.24, 2.45) is 0 Å². The summed E-state index contributed by atoms with van der Waals surface area (Å²) in [7, 11) is 0. The van der Waals surface area contributed by atoms with E-state index in [1.54, 1.807) is 12.1 Å². The number of aromatic nitrogens is 4. The summed E-state index contributed by atoms with van der Waals surface area (Å²) in [6, 6.07) is 8.46. The monoisotopic (exact) mass is 429 g/mol. The number of anilines is 1. The first-order valence-electron chi connectivity index (χ1n) is 10.7. The molecule has 0 atom stereocenters. The van der Waals surface area contributed by atoms with Gasteiger partial charge >= 0.3 is 0 Å². The standard InChI is InChI=1S/C25H24FN5O/c1-14-9-20(26)5-6-21(14)18-11-19-13-30(8-7-22(19)27-12-18)25-17(4)16(3)24-28-15(2)10-23(32)31(24)29-25/h5-6,9-12H,7-8,13H2,1-4H3. The Kier molecular flexibility index (Phi) is 4.77. The number of aryl methyl sites for hydroxylation is 3. The molecule has 0 saturated heterocycles. The van der Waals surface area contributed by atoms with Crippen LogP contribution < -0.4 is 10.5 Å². The number of nitrogens with zero attached hydrogens (tertiary/aromatic N) is 5. The lowest BCUT2D eigenvalue weighted by Gasteiger charge is -2.31. The summed E-state index contributed by atoms with van der Waals surface area (Å²) in [5, 5.41) is 4.68. The van der Waals surface area contributed by atoms with Gasteiger partial charge in [-0.1, -0.05) is 6.07 Å². The van der Waals surface area contributed by atoms with E-state index >= 15 is 0 Å². The summed E-state index contributed by atoms with van der Waals surface area (Å²) in [4.78, 5) is 24.0.